The maximum absolute atomic E-state index is 12.7. The Labute approximate surface area is 168 Å². The van der Waals surface area contributed by atoms with Crippen molar-refractivity contribution in [1.29, 1.82) is 0 Å². The molecule has 1 aliphatic rings. The summed E-state index contributed by atoms with van der Waals surface area (Å²) in [6, 6.07) is 17.1. The number of carbonyl (C=O) groups is 2. The normalized spacial score (nSPS) is 12.9. The number of methoxy groups -OCH3 is 1. The molecule has 7 nitrogen and oxygen atoms in total. The average molecular weight is 391 g/mol. The molecule has 29 heavy (non-hydrogen) atoms. The van der Waals surface area contributed by atoms with Gasteiger partial charge in [-0.05, 0) is 36.6 Å². The molecule has 4 rings (SSSR count). The Morgan fingerprint density at radius 2 is 1.83 bits per heavy atom. The number of nitrogens with zero attached hydrogens (tertiary/aromatic N) is 3. The molecule has 0 unspecified atom stereocenters. The molecule has 148 valence electrons. The minimum absolute atomic E-state index is 0.0307. The largest absolute Gasteiger partial charge is 0.493 e. The molecule has 7 heteroatoms. The molecule has 2 aromatic carbocycles. The molecule has 0 saturated heterocycles. The van der Waals surface area contributed by atoms with Crippen LogP contribution in [0.3, 0.4) is 0 Å². The molecule has 0 fully saturated rings. The van der Waals surface area contributed by atoms with Crippen molar-refractivity contribution < 1.29 is 19.1 Å². The van der Waals surface area contributed by atoms with E-state index >= 15 is 0 Å². The van der Waals surface area contributed by atoms with Gasteiger partial charge in [0.05, 0.1) is 19.0 Å². The lowest BCUT2D eigenvalue weighted by atomic mass is 10.0. The highest BCUT2D eigenvalue weighted by atomic mass is 16.5. The number of rotatable bonds is 5. The molecule has 1 aliphatic heterocycles. The smallest absolute Gasteiger partial charge is 0.363 e. The van der Waals surface area contributed by atoms with Crippen LogP contribution in [0.25, 0.3) is 5.69 Å². The standard InChI is InChI=1S/C22H21N3O4/c1-28-19-14-25(17-10-3-2-4-11-17)23-21(19)22(27)29-15-20(26)24-13-7-9-16-8-5-6-12-18(16)24/h2-6,8,10-12,14H,7,9,13,15H2,1H3. The van der Waals surface area contributed by atoms with E-state index in [2.05, 4.69) is 5.10 Å². The van der Waals surface area contributed by atoms with E-state index in [0.717, 1.165) is 29.8 Å². The summed E-state index contributed by atoms with van der Waals surface area (Å²) in [5, 5.41) is 4.27. The Balaban J connectivity index is 1.47. The molecule has 3 aromatic rings. The Morgan fingerprint density at radius 3 is 2.62 bits per heavy atom. The summed E-state index contributed by atoms with van der Waals surface area (Å²) in [6.07, 6.45) is 3.43. The van der Waals surface area contributed by atoms with Gasteiger partial charge >= 0.3 is 5.97 Å². The van der Waals surface area contributed by atoms with E-state index in [1.54, 1.807) is 11.1 Å². The van der Waals surface area contributed by atoms with Gasteiger partial charge in [0.15, 0.2) is 12.4 Å². The summed E-state index contributed by atoms with van der Waals surface area (Å²) < 4.78 is 12.1. The van der Waals surface area contributed by atoms with Crippen molar-refractivity contribution in [3.8, 4) is 11.4 Å². The number of ether oxygens (including phenoxy) is 2. The molecule has 0 atom stereocenters. The van der Waals surface area contributed by atoms with Crippen LogP contribution in [0.5, 0.6) is 5.75 Å². The van der Waals surface area contributed by atoms with Gasteiger partial charge in [0.25, 0.3) is 5.91 Å². The summed E-state index contributed by atoms with van der Waals surface area (Å²) in [5.74, 6) is -0.670. The zero-order valence-electron chi connectivity index (χ0n) is 16.1. The molecule has 2 heterocycles. The van der Waals surface area contributed by atoms with Crippen LogP contribution in [0.15, 0.2) is 60.8 Å². The molecule has 0 bridgehead atoms. The van der Waals surface area contributed by atoms with E-state index in [1.165, 1.54) is 11.8 Å². The van der Waals surface area contributed by atoms with Crippen molar-refractivity contribution in [3.05, 3.63) is 72.1 Å². The first-order valence-electron chi connectivity index (χ1n) is 9.42. The van der Waals surface area contributed by atoms with Crippen LogP contribution in [0, 0.1) is 0 Å². The van der Waals surface area contributed by atoms with Gasteiger partial charge in [0, 0.05) is 12.2 Å². The average Bonchev–Trinajstić information content (AvgIpc) is 3.22. The van der Waals surface area contributed by atoms with Gasteiger partial charge in [-0.3, -0.25) is 4.79 Å². The van der Waals surface area contributed by atoms with Gasteiger partial charge in [0.1, 0.15) is 0 Å². The maximum atomic E-state index is 12.7. The zero-order chi connectivity index (χ0) is 20.2. The number of aromatic nitrogens is 2. The SMILES string of the molecule is COc1cn(-c2ccccc2)nc1C(=O)OCC(=O)N1CCCc2ccccc21. The lowest BCUT2D eigenvalue weighted by Crippen LogP contribution is -2.38. The molecular formula is C22H21N3O4. The van der Waals surface area contributed by atoms with Crippen molar-refractivity contribution in [2.24, 2.45) is 0 Å². The molecule has 0 aliphatic carbocycles. The highest BCUT2D eigenvalue weighted by Crippen LogP contribution is 2.27. The Morgan fingerprint density at radius 1 is 1.07 bits per heavy atom. The van der Waals surface area contributed by atoms with E-state index in [1.807, 2.05) is 54.6 Å². The number of fused-ring (bicyclic) bond motifs is 1. The van der Waals surface area contributed by atoms with Crippen LogP contribution in [0.4, 0.5) is 5.69 Å². The van der Waals surface area contributed by atoms with Crippen molar-refractivity contribution in [2.75, 3.05) is 25.2 Å². The first-order valence-corrected chi connectivity index (χ1v) is 9.42. The highest BCUT2D eigenvalue weighted by molar-refractivity contribution is 5.98. The summed E-state index contributed by atoms with van der Waals surface area (Å²) in [5.41, 5.74) is 2.82. The van der Waals surface area contributed by atoms with Crippen molar-refractivity contribution in [3.63, 3.8) is 0 Å². The minimum Gasteiger partial charge on any atom is -0.493 e. The predicted octanol–water partition coefficient (Wildman–Crippen LogP) is 3.02. The van der Waals surface area contributed by atoms with E-state index in [4.69, 9.17) is 9.47 Å². The number of aryl methyl sites for hydroxylation is 1. The molecule has 1 aromatic heterocycles. The number of benzene rings is 2. The molecular weight excluding hydrogens is 370 g/mol. The number of hydrogen-bond donors (Lipinski definition) is 0. The van der Waals surface area contributed by atoms with Gasteiger partial charge in [-0.25, -0.2) is 9.48 Å². The molecule has 0 saturated carbocycles. The molecule has 0 spiro atoms. The van der Waals surface area contributed by atoms with Crippen molar-refractivity contribution >= 4 is 17.6 Å². The second kappa shape index (κ2) is 8.18. The quantitative estimate of drug-likeness (QED) is 0.625. The first kappa shape index (κ1) is 18.7. The minimum atomic E-state index is -0.699. The summed E-state index contributed by atoms with van der Waals surface area (Å²) in [4.78, 5) is 26.9. The third kappa shape index (κ3) is 3.85. The monoisotopic (exact) mass is 391 g/mol. The first-order chi connectivity index (χ1) is 14.2. The fourth-order valence-corrected chi connectivity index (χ4v) is 3.43. The van der Waals surface area contributed by atoms with Crippen LogP contribution >= 0.6 is 0 Å². The fraction of sp³-hybridized carbons (Fsp3) is 0.227. The molecule has 1 amide bonds. The third-order valence-electron chi connectivity index (χ3n) is 4.85. The van der Waals surface area contributed by atoms with E-state index in [-0.39, 0.29) is 24.0 Å². The number of esters is 1. The number of para-hydroxylation sites is 2. The summed E-state index contributed by atoms with van der Waals surface area (Å²) in [7, 11) is 1.46. The zero-order valence-corrected chi connectivity index (χ0v) is 16.1. The second-order valence-corrected chi connectivity index (χ2v) is 6.68. The van der Waals surface area contributed by atoms with Crippen LogP contribution in [-0.2, 0) is 16.0 Å². The lowest BCUT2D eigenvalue weighted by Gasteiger charge is -2.29. The number of carbonyl (C=O) groups excluding carboxylic acids is 2. The number of hydrogen-bond acceptors (Lipinski definition) is 5. The van der Waals surface area contributed by atoms with Crippen LogP contribution < -0.4 is 9.64 Å². The van der Waals surface area contributed by atoms with E-state index in [0.29, 0.717) is 6.54 Å². The van der Waals surface area contributed by atoms with Crippen LogP contribution in [0.1, 0.15) is 22.5 Å². The van der Waals surface area contributed by atoms with Gasteiger partial charge < -0.3 is 14.4 Å². The topological polar surface area (TPSA) is 73.7 Å². The summed E-state index contributed by atoms with van der Waals surface area (Å²) in [6.45, 7) is 0.258. The van der Waals surface area contributed by atoms with Gasteiger partial charge in [-0.1, -0.05) is 36.4 Å². The van der Waals surface area contributed by atoms with Crippen molar-refractivity contribution in [1.82, 2.24) is 9.78 Å². The number of anilines is 1. The van der Waals surface area contributed by atoms with Gasteiger partial charge in [-0.2, -0.15) is 5.10 Å². The van der Waals surface area contributed by atoms with Crippen LogP contribution in [0.2, 0.25) is 0 Å². The number of amides is 1. The lowest BCUT2D eigenvalue weighted by molar-refractivity contribution is -0.121. The molecule has 0 N–H and O–H groups in total. The Hall–Kier alpha value is -3.61. The maximum Gasteiger partial charge on any atom is 0.363 e. The third-order valence-corrected chi connectivity index (χ3v) is 4.85. The van der Waals surface area contributed by atoms with E-state index in [9.17, 15) is 9.59 Å². The highest BCUT2D eigenvalue weighted by Gasteiger charge is 2.25. The predicted molar refractivity (Wildman–Crippen MR) is 108 cm³/mol. The Bertz CT molecular complexity index is 1030. The van der Waals surface area contributed by atoms with Crippen LogP contribution in [-0.4, -0.2) is 41.9 Å². The molecule has 0 radical (unpaired) electrons. The van der Waals surface area contributed by atoms with Gasteiger partial charge in [0.2, 0.25) is 5.69 Å². The summed E-state index contributed by atoms with van der Waals surface area (Å²) >= 11 is 0. The van der Waals surface area contributed by atoms with E-state index < -0.39 is 5.97 Å². The fourth-order valence-electron chi connectivity index (χ4n) is 3.43. The second-order valence-electron chi connectivity index (χ2n) is 6.68. The van der Waals surface area contributed by atoms with Crippen molar-refractivity contribution in [2.45, 2.75) is 12.8 Å². The van der Waals surface area contributed by atoms with Gasteiger partial charge in [-0.15, -0.1) is 0 Å². The Kier molecular flexibility index (Phi) is 5.29.